The van der Waals surface area contributed by atoms with Crippen molar-refractivity contribution in [3.63, 3.8) is 0 Å². The third-order valence-corrected chi connectivity index (χ3v) is 9.90. The van der Waals surface area contributed by atoms with E-state index in [2.05, 4.69) is 17.2 Å². The fourth-order valence-corrected chi connectivity index (χ4v) is 7.46. The monoisotopic (exact) mass is 625 g/mol. The number of nitrogen functional groups attached to an aromatic ring is 1. The number of fused-ring (bicyclic) bond motifs is 1. The van der Waals surface area contributed by atoms with Crippen LogP contribution in [0.1, 0.15) is 80.6 Å². The summed E-state index contributed by atoms with van der Waals surface area (Å²) in [4.78, 5) is 42.4. The fraction of sp³-hybridized carbons (Fsp3) is 0.676. The number of anilines is 1. The van der Waals surface area contributed by atoms with Crippen molar-refractivity contribution in [1.82, 2.24) is 19.9 Å². The minimum absolute atomic E-state index is 0.0536. The van der Waals surface area contributed by atoms with Gasteiger partial charge in [0, 0.05) is 36.2 Å². The first-order valence-corrected chi connectivity index (χ1v) is 16.4. The Morgan fingerprint density at radius 2 is 1.76 bits per heavy atom. The van der Waals surface area contributed by atoms with Gasteiger partial charge >= 0.3 is 12.1 Å². The topological polar surface area (TPSA) is 150 Å². The molecule has 0 saturated carbocycles. The second-order valence-corrected chi connectivity index (χ2v) is 13.6. The van der Waals surface area contributed by atoms with Crippen LogP contribution in [-0.2, 0) is 25.6 Å². The molecule has 2 aliphatic heterocycles. The summed E-state index contributed by atoms with van der Waals surface area (Å²) >= 11 is 0. The lowest BCUT2D eigenvalue weighted by atomic mass is 9.75. The number of aromatic nitrogens is 3. The average Bonchev–Trinajstić information content (AvgIpc) is 3.57. The molecule has 1 aromatic heterocycles. The lowest BCUT2D eigenvalue weighted by Crippen LogP contribution is -2.57. The zero-order chi connectivity index (χ0) is 33.1. The van der Waals surface area contributed by atoms with E-state index in [1.54, 1.807) is 23.4 Å². The molecule has 3 N–H and O–H groups in total. The maximum absolute atomic E-state index is 13.9. The number of carbonyl (C=O) groups is 3. The number of hydrogen-bond donors (Lipinski definition) is 2. The number of aryl methyl sites for hydroxylation is 1. The predicted molar refractivity (Wildman–Crippen MR) is 171 cm³/mol. The highest BCUT2D eigenvalue weighted by Gasteiger charge is 2.59. The largest absolute Gasteiger partial charge is 0.458 e. The van der Waals surface area contributed by atoms with Gasteiger partial charge in [0.1, 0.15) is 17.6 Å². The number of Topliss-reactive ketones (excluding diaryl/α,β-unsaturated/α-hetero) is 1. The van der Waals surface area contributed by atoms with Crippen molar-refractivity contribution in [1.29, 1.82) is 0 Å². The number of rotatable bonds is 7. The van der Waals surface area contributed by atoms with E-state index in [9.17, 15) is 19.5 Å². The van der Waals surface area contributed by atoms with Crippen LogP contribution in [0.25, 0.3) is 11.3 Å². The second kappa shape index (κ2) is 14.3. The Morgan fingerprint density at radius 1 is 1.04 bits per heavy atom. The lowest BCUT2D eigenvalue weighted by molar-refractivity contribution is -0.174. The number of amides is 1. The van der Waals surface area contributed by atoms with E-state index >= 15 is 0 Å². The van der Waals surface area contributed by atoms with Gasteiger partial charge in [0.25, 0.3) is 0 Å². The van der Waals surface area contributed by atoms with Crippen LogP contribution in [-0.4, -0.2) is 73.2 Å². The molecule has 0 aliphatic carbocycles. The summed E-state index contributed by atoms with van der Waals surface area (Å²) in [5, 5.41) is 19.5. The van der Waals surface area contributed by atoms with Gasteiger partial charge < -0.3 is 25.2 Å². The number of carbonyl (C=O) groups excluding carboxylic acids is 3. The number of ether oxygens (including phenoxy) is 2. The SMILES string of the molecule is CC[C@H]1OC(=O)[C@H](C)[C@@H](O)[C@H](C)C[C@@H](C)C[C@@H](C)C(=O)[C@H](C)[C@@H]2N(CCCCn3cc(-c4cccc(N)c4)nn3)C(=O)O[C@@]21C. The normalized spacial score (nSPS) is 33.3. The Kier molecular flexibility index (Phi) is 10.9. The van der Waals surface area contributed by atoms with E-state index in [1.165, 1.54) is 0 Å². The number of benzene rings is 1. The molecule has 11 nitrogen and oxygen atoms in total. The average molecular weight is 626 g/mol. The van der Waals surface area contributed by atoms with Crippen molar-refractivity contribution >= 4 is 23.5 Å². The van der Waals surface area contributed by atoms with E-state index in [1.807, 2.05) is 58.2 Å². The lowest BCUT2D eigenvalue weighted by Gasteiger charge is -2.41. The highest BCUT2D eigenvalue weighted by atomic mass is 16.6. The van der Waals surface area contributed by atoms with Crippen molar-refractivity contribution in [2.24, 2.45) is 29.6 Å². The van der Waals surface area contributed by atoms with Crippen molar-refractivity contribution in [2.45, 2.75) is 111 Å². The number of esters is 1. The van der Waals surface area contributed by atoms with Crippen molar-refractivity contribution in [3.8, 4) is 11.3 Å². The number of nitrogens with two attached hydrogens (primary N) is 1. The fourth-order valence-electron chi connectivity index (χ4n) is 7.46. The summed E-state index contributed by atoms with van der Waals surface area (Å²) in [5.74, 6) is -1.99. The molecule has 0 unspecified atom stereocenters. The van der Waals surface area contributed by atoms with Crippen LogP contribution in [0.4, 0.5) is 10.5 Å². The van der Waals surface area contributed by atoms with Gasteiger partial charge in [-0.25, -0.2) is 4.79 Å². The molecule has 2 aromatic rings. The highest BCUT2D eigenvalue weighted by Crippen LogP contribution is 2.41. The van der Waals surface area contributed by atoms with Crippen LogP contribution in [0.3, 0.4) is 0 Å². The molecular weight excluding hydrogens is 574 g/mol. The van der Waals surface area contributed by atoms with Crippen LogP contribution < -0.4 is 5.73 Å². The highest BCUT2D eigenvalue weighted by molar-refractivity contribution is 5.85. The molecule has 9 atom stereocenters. The number of nitrogens with zero attached hydrogens (tertiary/aromatic N) is 4. The molecule has 3 heterocycles. The van der Waals surface area contributed by atoms with E-state index in [0.717, 1.165) is 11.3 Å². The van der Waals surface area contributed by atoms with Crippen molar-refractivity contribution < 1.29 is 29.0 Å². The molecule has 1 amide bonds. The number of aliphatic hydroxyl groups is 1. The minimum Gasteiger partial charge on any atom is -0.458 e. The summed E-state index contributed by atoms with van der Waals surface area (Å²) in [6.07, 6.45) is 2.75. The van der Waals surface area contributed by atoms with E-state index in [0.29, 0.717) is 50.9 Å². The third-order valence-electron chi connectivity index (χ3n) is 9.90. The molecular formula is C34H51N5O6. The number of aliphatic hydroxyl groups excluding tert-OH is 1. The van der Waals surface area contributed by atoms with Gasteiger partial charge in [0.05, 0.1) is 24.3 Å². The Hall–Kier alpha value is -3.47. The molecule has 4 rings (SSSR count). The summed E-state index contributed by atoms with van der Waals surface area (Å²) in [7, 11) is 0. The van der Waals surface area contributed by atoms with Crippen LogP contribution in [0, 0.1) is 29.6 Å². The maximum atomic E-state index is 13.9. The zero-order valence-corrected chi connectivity index (χ0v) is 27.8. The van der Waals surface area contributed by atoms with Gasteiger partial charge in [-0.15, -0.1) is 5.10 Å². The molecule has 2 saturated heterocycles. The first-order chi connectivity index (χ1) is 21.3. The van der Waals surface area contributed by atoms with Crippen LogP contribution in [0.2, 0.25) is 0 Å². The van der Waals surface area contributed by atoms with E-state index < -0.39 is 47.7 Å². The smallest absolute Gasteiger partial charge is 0.410 e. The summed E-state index contributed by atoms with van der Waals surface area (Å²) in [6.45, 7) is 14.1. The van der Waals surface area contributed by atoms with Gasteiger partial charge in [-0.3, -0.25) is 14.3 Å². The van der Waals surface area contributed by atoms with Crippen molar-refractivity contribution in [3.05, 3.63) is 30.5 Å². The van der Waals surface area contributed by atoms with Crippen LogP contribution in [0.5, 0.6) is 0 Å². The van der Waals surface area contributed by atoms with Gasteiger partial charge in [0.15, 0.2) is 5.60 Å². The summed E-state index contributed by atoms with van der Waals surface area (Å²) in [6, 6.07) is 6.85. The standard InChI is InChI=1S/C34H51N5O6/c1-8-28-34(7)31(23(5)29(40)21(3)16-20(2)17-22(4)30(41)24(6)32(42)44-28)39(33(43)45-34)15-10-9-14-38-19-27(36-37-38)25-12-11-13-26(35)18-25/h11-13,18-24,28,30-31,41H,8-10,14-17,35H2,1-7H3/t20-,21+,22+,23-,24+,28+,30-,31-,34+/m0/s1. The minimum atomic E-state index is -1.25. The van der Waals surface area contributed by atoms with Gasteiger partial charge in [-0.2, -0.15) is 0 Å². The molecule has 45 heavy (non-hydrogen) atoms. The second-order valence-electron chi connectivity index (χ2n) is 13.6. The Morgan fingerprint density at radius 3 is 2.44 bits per heavy atom. The quantitative estimate of drug-likeness (QED) is 0.243. The van der Waals surface area contributed by atoms with E-state index in [-0.39, 0.29) is 23.5 Å². The van der Waals surface area contributed by atoms with Gasteiger partial charge in [0.2, 0.25) is 0 Å². The Labute approximate surface area is 266 Å². The molecule has 2 aliphatic rings. The molecule has 248 valence electrons. The van der Waals surface area contributed by atoms with Gasteiger partial charge in [-0.05, 0) is 69.9 Å². The maximum Gasteiger partial charge on any atom is 0.410 e. The predicted octanol–water partition coefficient (Wildman–Crippen LogP) is 5.11. The molecule has 0 radical (unpaired) electrons. The van der Waals surface area contributed by atoms with Crippen molar-refractivity contribution in [2.75, 3.05) is 12.3 Å². The molecule has 0 spiro atoms. The molecule has 11 heteroatoms. The van der Waals surface area contributed by atoms with Gasteiger partial charge in [-0.1, -0.05) is 52.0 Å². The number of unbranched alkanes of at least 4 members (excludes halogenated alkanes) is 1. The summed E-state index contributed by atoms with van der Waals surface area (Å²) in [5.41, 5.74) is 6.94. The molecule has 1 aromatic carbocycles. The Balaban J connectivity index is 1.53. The first-order valence-electron chi connectivity index (χ1n) is 16.4. The number of ketones is 1. The van der Waals surface area contributed by atoms with E-state index in [4.69, 9.17) is 15.2 Å². The van der Waals surface area contributed by atoms with Crippen LogP contribution >= 0.6 is 0 Å². The first kappa shape index (κ1) is 34.4. The van der Waals surface area contributed by atoms with Crippen LogP contribution in [0.15, 0.2) is 30.5 Å². The zero-order valence-electron chi connectivity index (χ0n) is 27.8. The molecule has 2 fully saturated rings. The Bertz CT molecular complexity index is 1350. The number of hydrogen-bond acceptors (Lipinski definition) is 9. The number of cyclic esters (lactones) is 1. The molecule has 0 bridgehead atoms. The third kappa shape index (κ3) is 7.51. The summed E-state index contributed by atoms with van der Waals surface area (Å²) < 4.78 is 13.9.